The Bertz CT molecular complexity index is 537. The van der Waals surface area contributed by atoms with E-state index in [2.05, 4.69) is 11.9 Å². The molecule has 0 aromatic carbocycles. The average molecular weight is 262 g/mol. The smallest absolute Gasteiger partial charge is 0.254 e. The van der Waals surface area contributed by atoms with Crippen LogP contribution < -0.4 is 5.56 Å². The molecule has 3 rings (SSSR count). The summed E-state index contributed by atoms with van der Waals surface area (Å²) < 4.78 is 5.82. The first-order valence-corrected chi connectivity index (χ1v) is 7.32. The zero-order chi connectivity index (χ0) is 13.5. The van der Waals surface area contributed by atoms with Gasteiger partial charge in [0.25, 0.3) is 5.56 Å². The minimum Gasteiger partial charge on any atom is -0.370 e. The molecule has 2 aliphatic carbocycles. The lowest BCUT2D eigenvalue weighted by Crippen LogP contribution is -2.38. The average Bonchev–Trinajstić information content (AvgIpc) is 2.87. The lowest BCUT2D eigenvalue weighted by Gasteiger charge is -2.38. The largest absolute Gasteiger partial charge is 0.370 e. The molecule has 4 nitrogen and oxygen atoms in total. The number of nitrogens with one attached hydrogen (secondary N) is 1. The van der Waals surface area contributed by atoms with Gasteiger partial charge in [-0.15, -0.1) is 0 Å². The molecule has 0 amide bonds. The van der Waals surface area contributed by atoms with Gasteiger partial charge in [-0.05, 0) is 44.4 Å². The number of aromatic amines is 1. The monoisotopic (exact) mass is 262 g/mol. The minimum atomic E-state index is -0.381. The number of hydrogen-bond donors (Lipinski definition) is 1. The van der Waals surface area contributed by atoms with E-state index in [0.717, 1.165) is 55.6 Å². The zero-order valence-electron chi connectivity index (χ0n) is 11.8. The van der Waals surface area contributed by atoms with Crippen LogP contribution in [-0.2, 0) is 23.2 Å². The highest BCUT2D eigenvalue weighted by Crippen LogP contribution is 2.41. The number of hydrogen-bond acceptors (Lipinski definition) is 3. The zero-order valence-corrected chi connectivity index (χ0v) is 11.8. The minimum absolute atomic E-state index is 0.0483. The summed E-state index contributed by atoms with van der Waals surface area (Å²) in [6.45, 7) is 2.25. The van der Waals surface area contributed by atoms with Crippen LogP contribution in [0.2, 0.25) is 0 Å². The molecular weight excluding hydrogens is 240 g/mol. The molecule has 1 aromatic rings. The van der Waals surface area contributed by atoms with E-state index in [4.69, 9.17) is 9.72 Å². The first kappa shape index (κ1) is 12.9. The van der Waals surface area contributed by atoms with Gasteiger partial charge in [-0.2, -0.15) is 0 Å². The summed E-state index contributed by atoms with van der Waals surface area (Å²) in [6, 6.07) is 0. The number of nitrogens with zero attached hydrogens (tertiary/aromatic N) is 1. The molecule has 104 valence electrons. The summed E-state index contributed by atoms with van der Waals surface area (Å²) in [5.74, 6) is 1.37. The van der Waals surface area contributed by atoms with Crippen molar-refractivity contribution in [2.45, 2.75) is 57.5 Å². The second kappa shape index (κ2) is 4.75. The molecule has 19 heavy (non-hydrogen) atoms. The molecule has 1 N–H and O–H groups in total. The van der Waals surface area contributed by atoms with E-state index in [1.165, 1.54) is 6.42 Å². The highest BCUT2D eigenvalue weighted by molar-refractivity contribution is 5.24. The van der Waals surface area contributed by atoms with E-state index < -0.39 is 0 Å². The van der Waals surface area contributed by atoms with Crippen LogP contribution in [-0.4, -0.2) is 17.1 Å². The van der Waals surface area contributed by atoms with Crippen molar-refractivity contribution in [1.82, 2.24) is 9.97 Å². The Balaban J connectivity index is 2.04. The molecule has 1 saturated carbocycles. The molecule has 4 heteroatoms. The van der Waals surface area contributed by atoms with Gasteiger partial charge in [-0.1, -0.05) is 13.3 Å². The van der Waals surface area contributed by atoms with E-state index in [1.54, 1.807) is 7.11 Å². The Kier molecular flexibility index (Phi) is 3.21. The number of fused-ring (bicyclic) bond motifs is 1. The molecule has 2 aliphatic rings. The number of methoxy groups -OCH3 is 1. The maximum atomic E-state index is 12.2. The van der Waals surface area contributed by atoms with Crippen molar-refractivity contribution in [2.75, 3.05) is 7.11 Å². The van der Waals surface area contributed by atoms with Gasteiger partial charge in [0.1, 0.15) is 11.4 Å². The predicted molar refractivity (Wildman–Crippen MR) is 73.2 cm³/mol. The predicted octanol–water partition coefficient (Wildman–Crippen LogP) is 2.31. The van der Waals surface area contributed by atoms with Crippen LogP contribution in [0.1, 0.15) is 56.1 Å². The normalized spacial score (nSPS) is 30.3. The number of aromatic nitrogens is 2. The third-order valence-electron chi connectivity index (χ3n) is 4.72. The molecule has 0 radical (unpaired) electrons. The van der Waals surface area contributed by atoms with Crippen LogP contribution in [0.25, 0.3) is 0 Å². The molecule has 2 atom stereocenters. The SMILES string of the molecule is COC1(c2nc3c(c(=O)[nH]2)CCC3)CCCC(C)C1. The fourth-order valence-corrected chi connectivity index (χ4v) is 3.66. The van der Waals surface area contributed by atoms with Crippen LogP contribution in [0.5, 0.6) is 0 Å². The van der Waals surface area contributed by atoms with Crippen LogP contribution in [0.15, 0.2) is 4.79 Å². The maximum Gasteiger partial charge on any atom is 0.254 e. The van der Waals surface area contributed by atoms with Crippen molar-refractivity contribution < 1.29 is 4.74 Å². The van der Waals surface area contributed by atoms with Gasteiger partial charge in [0.15, 0.2) is 0 Å². The molecule has 0 aliphatic heterocycles. The Hall–Kier alpha value is -1.16. The van der Waals surface area contributed by atoms with Gasteiger partial charge in [0.05, 0.1) is 5.69 Å². The fourth-order valence-electron chi connectivity index (χ4n) is 3.66. The molecule has 1 heterocycles. The van der Waals surface area contributed by atoms with Gasteiger partial charge < -0.3 is 9.72 Å². The van der Waals surface area contributed by atoms with Crippen molar-refractivity contribution >= 4 is 0 Å². The van der Waals surface area contributed by atoms with Crippen LogP contribution in [0.4, 0.5) is 0 Å². The summed E-state index contributed by atoms with van der Waals surface area (Å²) in [5, 5.41) is 0. The Labute approximate surface area is 113 Å². The second-order valence-electron chi connectivity index (χ2n) is 6.09. The van der Waals surface area contributed by atoms with E-state index in [9.17, 15) is 4.79 Å². The van der Waals surface area contributed by atoms with Gasteiger partial charge in [-0.25, -0.2) is 4.98 Å². The molecular formula is C15H22N2O2. The third-order valence-corrected chi connectivity index (χ3v) is 4.72. The quantitative estimate of drug-likeness (QED) is 0.890. The summed E-state index contributed by atoms with van der Waals surface area (Å²) in [4.78, 5) is 19.9. The molecule has 0 bridgehead atoms. The second-order valence-corrected chi connectivity index (χ2v) is 6.09. The summed E-state index contributed by atoms with van der Waals surface area (Å²) >= 11 is 0. The van der Waals surface area contributed by atoms with Crippen LogP contribution >= 0.6 is 0 Å². The molecule has 0 spiro atoms. The lowest BCUT2D eigenvalue weighted by molar-refractivity contribution is -0.0649. The Morgan fingerprint density at radius 3 is 2.95 bits per heavy atom. The summed E-state index contributed by atoms with van der Waals surface area (Å²) in [5.41, 5.74) is 1.55. The number of rotatable bonds is 2. The maximum absolute atomic E-state index is 12.2. The Morgan fingerprint density at radius 2 is 2.21 bits per heavy atom. The highest BCUT2D eigenvalue weighted by atomic mass is 16.5. The third kappa shape index (κ3) is 2.12. The summed E-state index contributed by atoms with van der Waals surface area (Å²) in [6.07, 6.45) is 7.12. The van der Waals surface area contributed by atoms with Gasteiger partial charge in [0.2, 0.25) is 0 Å². The number of H-pyrrole nitrogens is 1. The van der Waals surface area contributed by atoms with Crippen LogP contribution in [0, 0.1) is 5.92 Å². The first-order valence-electron chi connectivity index (χ1n) is 7.32. The molecule has 1 fully saturated rings. The standard InChI is InChI=1S/C15H22N2O2/c1-10-5-4-8-15(9-10,19-2)14-16-12-7-3-6-11(12)13(18)17-14/h10H,3-9H2,1-2H3,(H,16,17,18). The van der Waals surface area contributed by atoms with E-state index in [1.807, 2.05) is 0 Å². The van der Waals surface area contributed by atoms with Crippen molar-refractivity contribution in [3.63, 3.8) is 0 Å². The van der Waals surface area contributed by atoms with Crippen LogP contribution in [0.3, 0.4) is 0 Å². The highest BCUT2D eigenvalue weighted by Gasteiger charge is 2.39. The lowest BCUT2D eigenvalue weighted by atomic mass is 9.78. The summed E-state index contributed by atoms with van der Waals surface area (Å²) in [7, 11) is 1.74. The molecule has 0 saturated heterocycles. The van der Waals surface area contributed by atoms with Crippen molar-refractivity contribution in [1.29, 1.82) is 0 Å². The number of aryl methyl sites for hydroxylation is 1. The van der Waals surface area contributed by atoms with Gasteiger partial charge in [-0.3, -0.25) is 4.79 Å². The van der Waals surface area contributed by atoms with Crippen molar-refractivity contribution in [2.24, 2.45) is 5.92 Å². The Morgan fingerprint density at radius 1 is 1.37 bits per heavy atom. The molecule has 2 unspecified atom stereocenters. The van der Waals surface area contributed by atoms with Crippen molar-refractivity contribution in [3.8, 4) is 0 Å². The van der Waals surface area contributed by atoms with Gasteiger partial charge in [0, 0.05) is 12.7 Å². The first-order chi connectivity index (χ1) is 9.14. The van der Waals surface area contributed by atoms with Crippen molar-refractivity contribution in [3.05, 3.63) is 27.4 Å². The number of ether oxygens (including phenoxy) is 1. The topological polar surface area (TPSA) is 55.0 Å². The molecule has 1 aromatic heterocycles. The van der Waals surface area contributed by atoms with E-state index in [0.29, 0.717) is 5.92 Å². The van der Waals surface area contributed by atoms with E-state index >= 15 is 0 Å². The van der Waals surface area contributed by atoms with Gasteiger partial charge >= 0.3 is 0 Å². The van der Waals surface area contributed by atoms with E-state index in [-0.39, 0.29) is 11.2 Å². The fraction of sp³-hybridized carbons (Fsp3) is 0.733.